The maximum absolute atomic E-state index is 6.39. The fourth-order valence-electron chi connectivity index (χ4n) is 28.1. The molecule has 24 saturated carbocycles. The minimum Gasteiger partial charge on any atom is -0.381 e. The van der Waals surface area contributed by atoms with E-state index in [0.29, 0.717) is 53.4 Å². The molecular weight excluding hydrogens is 1220 g/mol. The van der Waals surface area contributed by atoms with Crippen LogP contribution in [0.5, 0.6) is 0 Å². The zero-order chi connectivity index (χ0) is 70.6. The van der Waals surface area contributed by atoms with Crippen LogP contribution in [0.3, 0.4) is 0 Å². The van der Waals surface area contributed by atoms with Crippen LogP contribution in [-0.4, -0.2) is 101 Å². The first kappa shape index (κ1) is 79.7. The normalized spacial score (nSPS) is 45.0. The van der Waals surface area contributed by atoms with E-state index in [1.807, 2.05) is 27.7 Å². The molecule has 0 spiro atoms. The highest BCUT2D eigenvalue weighted by atomic mass is 16.5. The molecule has 0 radical (unpaired) electrons. The lowest BCUT2D eigenvalue weighted by atomic mass is 9.48. The quantitative estimate of drug-likeness (QED) is 0.143. The van der Waals surface area contributed by atoms with E-state index in [0.717, 1.165) is 182 Å². The Bertz CT molecular complexity index is 2180. The maximum Gasteiger partial charge on any atom is 0.0635 e. The molecule has 8 nitrogen and oxygen atoms in total. The van der Waals surface area contributed by atoms with Gasteiger partial charge in [0.25, 0.3) is 0 Å². The van der Waals surface area contributed by atoms with Gasteiger partial charge in [-0.2, -0.15) is 0 Å². The molecule has 0 amide bonds. The van der Waals surface area contributed by atoms with Crippen molar-refractivity contribution in [1.82, 2.24) is 0 Å². The predicted octanol–water partition coefficient (Wildman–Crippen LogP) is 23.2. The van der Waals surface area contributed by atoms with Crippen LogP contribution in [0, 0.1) is 153 Å². The minimum absolute atomic E-state index is 0.0417. The number of ether oxygens (including phenoxy) is 8. The summed E-state index contributed by atoms with van der Waals surface area (Å²) in [4.78, 5) is 0. The van der Waals surface area contributed by atoms with E-state index in [1.54, 1.807) is 52.1 Å². The molecule has 0 aromatic heterocycles. The van der Waals surface area contributed by atoms with Crippen LogP contribution in [0.25, 0.3) is 0 Å². The van der Waals surface area contributed by atoms with E-state index >= 15 is 0 Å². The summed E-state index contributed by atoms with van der Waals surface area (Å²) in [6.07, 6.45) is 51.5. The van der Waals surface area contributed by atoms with Gasteiger partial charge in [-0.1, -0.05) is 13.8 Å². The molecule has 574 valence electrons. The number of rotatable bonds is 17. The Hall–Kier alpha value is -0.320. The Morgan fingerprint density at radius 2 is 0.667 bits per heavy atom. The molecule has 8 heteroatoms. The molecule has 24 aliphatic carbocycles. The molecule has 0 N–H and O–H groups in total. The standard InChI is InChI=1S/C15H26O.C14H24O.3C13H22O.C12H20O.C6H14O.C5H12O/c1-9(2)10(3)16-15-13-5-11-4-12(7-13)8-14(15)6-11;1-3-15-10(2)14-7-11-4-12(8-14)6-13(5-11)9-14;1-8(2)14-13-11-4-9-3-10(6-11)7-12(13)5-9;1-2-14-9-13-6-10-3-11(7-13)5-12(4-10)8-13;1-2-14-8-13-11-4-9-3-10(6-11)7-12(13)5-9;1-2-13-12-10-4-8-3-9(6-10)7-11(12)5-8;1-5-7-6(2,3)4;1-5(2,3)6-4/h9-15H,4-8H2,1-3H3;10-13H,3-9H2,1-2H3;8-13H,3-7H2,1-2H3;10-12H,2-9H2,1H3;9-13H,2-8H2,1H3;8-12H,2-7H2,1H3;5H2,1-4H3;1-4H3. The summed E-state index contributed by atoms with van der Waals surface area (Å²) in [5, 5.41) is 0. The molecule has 2 atom stereocenters. The van der Waals surface area contributed by atoms with E-state index in [1.165, 1.54) is 161 Å². The lowest BCUT2D eigenvalue weighted by molar-refractivity contribution is -0.155. The summed E-state index contributed by atoms with van der Waals surface area (Å²) in [6, 6.07) is 0. The highest BCUT2D eigenvalue weighted by Gasteiger charge is 2.56. The van der Waals surface area contributed by atoms with Gasteiger partial charge in [0.1, 0.15) is 0 Å². The molecule has 24 aliphatic rings. The summed E-state index contributed by atoms with van der Waals surface area (Å²) in [6.45, 7) is 42.8. The fourth-order valence-corrected chi connectivity index (χ4v) is 28.1. The zero-order valence-corrected chi connectivity index (χ0v) is 68.2. The molecule has 0 saturated heterocycles. The molecular formula is C91H162O8. The van der Waals surface area contributed by atoms with Gasteiger partial charge in [-0.25, -0.2) is 0 Å². The first-order valence-electron chi connectivity index (χ1n) is 44.1. The van der Waals surface area contributed by atoms with E-state index in [4.69, 9.17) is 37.9 Å². The average molecular weight is 1380 g/mol. The van der Waals surface area contributed by atoms with E-state index in [-0.39, 0.29) is 11.2 Å². The van der Waals surface area contributed by atoms with Gasteiger partial charge in [0.05, 0.1) is 54.4 Å². The third-order valence-corrected chi connectivity index (χ3v) is 30.8. The number of hydrogen-bond donors (Lipinski definition) is 0. The second-order valence-corrected chi connectivity index (χ2v) is 41.5. The van der Waals surface area contributed by atoms with Crippen molar-refractivity contribution >= 4 is 0 Å². The summed E-state index contributed by atoms with van der Waals surface area (Å²) in [7, 11) is 1.71. The van der Waals surface area contributed by atoms with Crippen LogP contribution in [-0.2, 0) is 37.9 Å². The van der Waals surface area contributed by atoms with Gasteiger partial charge in [-0.05, 0) is 462 Å². The van der Waals surface area contributed by atoms with Crippen molar-refractivity contribution in [2.45, 2.75) is 371 Å². The lowest BCUT2D eigenvalue weighted by Gasteiger charge is -2.58. The number of methoxy groups -OCH3 is 1. The summed E-state index contributed by atoms with van der Waals surface area (Å²) >= 11 is 0. The highest BCUT2D eigenvalue weighted by molar-refractivity contribution is 5.06. The van der Waals surface area contributed by atoms with Gasteiger partial charge in [-0.3, -0.25) is 0 Å². The summed E-state index contributed by atoms with van der Waals surface area (Å²) in [5.41, 5.74) is 1.31. The molecule has 0 aliphatic heterocycles. The first-order valence-corrected chi connectivity index (χ1v) is 44.1. The smallest absolute Gasteiger partial charge is 0.0635 e. The second kappa shape index (κ2) is 35.4. The van der Waals surface area contributed by atoms with Crippen LogP contribution >= 0.6 is 0 Å². The summed E-state index contributed by atoms with van der Waals surface area (Å²) in [5.74, 6) is 24.3. The van der Waals surface area contributed by atoms with Crippen LogP contribution < -0.4 is 0 Å². The van der Waals surface area contributed by atoms with Crippen molar-refractivity contribution in [3.8, 4) is 0 Å². The second-order valence-electron chi connectivity index (χ2n) is 41.5. The van der Waals surface area contributed by atoms with Gasteiger partial charge in [0, 0.05) is 46.8 Å². The topological polar surface area (TPSA) is 73.8 Å². The van der Waals surface area contributed by atoms with Gasteiger partial charge in [0.2, 0.25) is 0 Å². The Balaban J connectivity index is 0.000000116. The van der Waals surface area contributed by atoms with E-state index in [2.05, 4.69) is 90.0 Å². The third-order valence-electron chi connectivity index (χ3n) is 30.8. The Morgan fingerprint density at radius 3 is 0.949 bits per heavy atom. The maximum atomic E-state index is 6.39. The van der Waals surface area contributed by atoms with Crippen molar-refractivity contribution in [2.24, 2.45) is 153 Å². The third kappa shape index (κ3) is 21.1. The van der Waals surface area contributed by atoms with Crippen LogP contribution in [0.15, 0.2) is 0 Å². The molecule has 0 aromatic rings. The van der Waals surface area contributed by atoms with Crippen molar-refractivity contribution in [2.75, 3.05) is 53.4 Å². The highest BCUT2D eigenvalue weighted by Crippen LogP contribution is 2.64. The van der Waals surface area contributed by atoms with Crippen molar-refractivity contribution in [1.29, 1.82) is 0 Å². The Morgan fingerprint density at radius 1 is 0.343 bits per heavy atom. The SMILES string of the molecule is CC(C)C(C)OC1C2CC3CC(C2)CC1C3.CC(C)OC1C2CC3CC(C2)CC1C3.CCOC(C)(C)C.CCOC(C)C12CC3CC(CC(C3)C1)C2.CCOC1C2CC3CC(C2)CC1C3.CCOCC12CC3CC(CC(C3)C1)C2.CCOCC1C2CC3CC(C2)CC1C3.COC(C)(C)C. The van der Waals surface area contributed by atoms with Crippen molar-refractivity contribution < 1.29 is 37.9 Å². The van der Waals surface area contributed by atoms with Crippen LogP contribution in [0.4, 0.5) is 0 Å². The van der Waals surface area contributed by atoms with Crippen molar-refractivity contribution in [3.63, 3.8) is 0 Å². The molecule has 99 heavy (non-hydrogen) atoms. The molecule has 0 heterocycles. The minimum atomic E-state index is 0.0417. The first-order chi connectivity index (χ1) is 47.2. The Kier molecular flexibility index (Phi) is 28.5. The predicted molar refractivity (Wildman–Crippen MR) is 410 cm³/mol. The largest absolute Gasteiger partial charge is 0.381 e. The molecule has 24 bridgehead atoms. The van der Waals surface area contributed by atoms with Gasteiger partial charge < -0.3 is 37.9 Å². The Labute approximate surface area is 611 Å². The molecule has 24 fully saturated rings. The number of hydrogen-bond acceptors (Lipinski definition) is 8. The van der Waals surface area contributed by atoms with Crippen LogP contribution in [0.2, 0.25) is 0 Å². The van der Waals surface area contributed by atoms with Gasteiger partial charge >= 0.3 is 0 Å². The van der Waals surface area contributed by atoms with Crippen LogP contribution in [0.1, 0.15) is 323 Å². The van der Waals surface area contributed by atoms with Gasteiger partial charge in [-0.15, -0.1) is 0 Å². The average Bonchev–Trinajstić information content (AvgIpc) is 0.765. The monoisotopic (exact) mass is 1380 g/mol. The molecule has 24 rings (SSSR count). The zero-order valence-electron chi connectivity index (χ0n) is 68.2. The fraction of sp³-hybridized carbons (Fsp3) is 1.00. The molecule has 0 aromatic carbocycles. The van der Waals surface area contributed by atoms with E-state index in [9.17, 15) is 0 Å². The summed E-state index contributed by atoms with van der Waals surface area (Å²) < 4.78 is 45.9. The van der Waals surface area contributed by atoms with Crippen molar-refractivity contribution in [3.05, 3.63) is 0 Å². The van der Waals surface area contributed by atoms with E-state index < -0.39 is 0 Å². The lowest BCUT2D eigenvalue weighted by Crippen LogP contribution is -2.51. The molecule has 2 unspecified atom stereocenters. The van der Waals surface area contributed by atoms with Gasteiger partial charge in [0.15, 0.2) is 0 Å².